The van der Waals surface area contributed by atoms with Crippen molar-refractivity contribution in [3.05, 3.63) is 30.0 Å². The summed E-state index contributed by atoms with van der Waals surface area (Å²) >= 11 is 0. The maximum atomic E-state index is 5.84. The molecule has 0 radical (unpaired) electrons. The Labute approximate surface area is 89.3 Å². The van der Waals surface area contributed by atoms with Gasteiger partial charge in [0.2, 0.25) is 0 Å². The van der Waals surface area contributed by atoms with Gasteiger partial charge >= 0.3 is 0 Å². The second-order valence-electron chi connectivity index (χ2n) is 4.42. The van der Waals surface area contributed by atoms with Crippen LogP contribution in [0, 0.1) is 12.8 Å². The molecule has 0 spiro atoms. The number of benzene rings is 1. The number of rotatable bonds is 3. The second-order valence-corrected chi connectivity index (χ2v) is 4.42. The fraction of sp³-hybridized carbons (Fsp3) is 0.385. The number of aryl methyl sites for hydroxylation is 1. The molecule has 0 unspecified atom stereocenters. The van der Waals surface area contributed by atoms with E-state index in [4.69, 9.17) is 4.74 Å². The molecule has 1 aliphatic carbocycles. The van der Waals surface area contributed by atoms with Crippen LogP contribution in [0.15, 0.2) is 24.3 Å². The Hall–Kier alpha value is -1.44. The van der Waals surface area contributed by atoms with Crippen LogP contribution in [-0.2, 0) is 0 Å². The number of H-pyrrole nitrogens is 1. The zero-order valence-corrected chi connectivity index (χ0v) is 8.92. The summed E-state index contributed by atoms with van der Waals surface area (Å²) in [4.78, 5) is 3.32. The van der Waals surface area contributed by atoms with Gasteiger partial charge in [0.05, 0.1) is 6.61 Å². The van der Waals surface area contributed by atoms with Crippen LogP contribution in [0.1, 0.15) is 18.5 Å². The average Bonchev–Trinajstić information content (AvgIpc) is 2.96. The molecule has 2 heteroatoms. The number of fused-ring (bicyclic) bond motifs is 1. The normalized spacial score (nSPS) is 15.8. The van der Waals surface area contributed by atoms with Gasteiger partial charge in [0.15, 0.2) is 0 Å². The molecule has 78 valence electrons. The second kappa shape index (κ2) is 3.30. The molecule has 2 nitrogen and oxygen atoms in total. The van der Waals surface area contributed by atoms with Gasteiger partial charge in [0.25, 0.3) is 0 Å². The van der Waals surface area contributed by atoms with E-state index in [1.807, 2.05) is 6.07 Å². The van der Waals surface area contributed by atoms with E-state index in [2.05, 4.69) is 30.1 Å². The number of hydrogen-bond acceptors (Lipinski definition) is 1. The number of hydrogen-bond donors (Lipinski definition) is 1. The highest BCUT2D eigenvalue weighted by Crippen LogP contribution is 2.32. The summed E-state index contributed by atoms with van der Waals surface area (Å²) in [5.74, 6) is 1.82. The first-order valence-corrected chi connectivity index (χ1v) is 5.54. The van der Waals surface area contributed by atoms with Gasteiger partial charge in [-0.3, -0.25) is 0 Å². The maximum Gasteiger partial charge on any atom is 0.128 e. The first-order valence-electron chi connectivity index (χ1n) is 5.54. The van der Waals surface area contributed by atoms with E-state index in [1.165, 1.54) is 29.4 Å². The first kappa shape index (κ1) is 8.84. The smallest absolute Gasteiger partial charge is 0.128 e. The van der Waals surface area contributed by atoms with Crippen molar-refractivity contribution in [2.24, 2.45) is 5.92 Å². The van der Waals surface area contributed by atoms with Gasteiger partial charge in [-0.2, -0.15) is 0 Å². The molecular weight excluding hydrogens is 186 g/mol. The van der Waals surface area contributed by atoms with Crippen molar-refractivity contribution < 1.29 is 4.74 Å². The minimum atomic E-state index is 0.806. The Balaban J connectivity index is 1.93. The van der Waals surface area contributed by atoms with E-state index in [0.717, 1.165) is 18.3 Å². The lowest BCUT2D eigenvalue weighted by Crippen LogP contribution is -1.98. The van der Waals surface area contributed by atoms with Gasteiger partial charge in [-0.15, -0.1) is 0 Å². The standard InChI is InChI=1S/C13H15NO/c1-9-7-11-12(14-9)3-2-4-13(11)15-8-10-5-6-10/h2-4,7,10,14H,5-6,8H2,1H3. The van der Waals surface area contributed by atoms with Crippen LogP contribution < -0.4 is 4.74 Å². The fourth-order valence-corrected chi connectivity index (χ4v) is 1.88. The Morgan fingerprint density at radius 3 is 3.07 bits per heavy atom. The largest absolute Gasteiger partial charge is 0.493 e. The number of ether oxygens (including phenoxy) is 1. The van der Waals surface area contributed by atoms with E-state index in [0.29, 0.717) is 0 Å². The third-order valence-electron chi connectivity index (χ3n) is 2.93. The molecule has 15 heavy (non-hydrogen) atoms. The summed E-state index contributed by atoms with van der Waals surface area (Å²) in [6.45, 7) is 2.95. The molecule has 1 aliphatic rings. The minimum Gasteiger partial charge on any atom is -0.493 e. The molecule has 0 atom stereocenters. The zero-order valence-electron chi connectivity index (χ0n) is 8.92. The zero-order chi connectivity index (χ0) is 10.3. The number of aromatic amines is 1. The van der Waals surface area contributed by atoms with Crippen LogP contribution in [0.5, 0.6) is 5.75 Å². The molecule has 1 aromatic heterocycles. The molecule has 2 aromatic rings. The number of nitrogens with one attached hydrogen (secondary N) is 1. The van der Waals surface area contributed by atoms with Crippen molar-refractivity contribution in [2.45, 2.75) is 19.8 Å². The molecule has 1 fully saturated rings. The van der Waals surface area contributed by atoms with Gasteiger partial charge in [-0.1, -0.05) is 6.07 Å². The molecule has 0 aliphatic heterocycles. The van der Waals surface area contributed by atoms with E-state index >= 15 is 0 Å². The highest BCUT2D eigenvalue weighted by atomic mass is 16.5. The molecule has 1 saturated carbocycles. The van der Waals surface area contributed by atoms with E-state index in [9.17, 15) is 0 Å². The number of aromatic nitrogens is 1. The van der Waals surface area contributed by atoms with Crippen molar-refractivity contribution in [1.29, 1.82) is 0 Å². The van der Waals surface area contributed by atoms with Crippen molar-refractivity contribution in [2.75, 3.05) is 6.61 Å². The van der Waals surface area contributed by atoms with Gasteiger partial charge in [-0.25, -0.2) is 0 Å². The molecule has 1 heterocycles. The fourth-order valence-electron chi connectivity index (χ4n) is 1.88. The summed E-state index contributed by atoms with van der Waals surface area (Å²) in [7, 11) is 0. The van der Waals surface area contributed by atoms with Gasteiger partial charge < -0.3 is 9.72 Å². The van der Waals surface area contributed by atoms with Crippen LogP contribution in [0.3, 0.4) is 0 Å². The van der Waals surface area contributed by atoms with Crippen LogP contribution in [0.4, 0.5) is 0 Å². The highest BCUT2D eigenvalue weighted by Gasteiger charge is 2.22. The van der Waals surface area contributed by atoms with Gasteiger partial charge in [0, 0.05) is 16.6 Å². The molecule has 0 bridgehead atoms. The molecular formula is C13H15NO. The topological polar surface area (TPSA) is 25.0 Å². The Bertz CT molecular complexity index is 482. The van der Waals surface area contributed by atoms with Crippen molar-refractivity contribution in [3.8, 4) is 5.75 Å². The predicted octanol–water partition coefficient (Wildman–Crippen LogP) is 3.27. The van der Waals surface area contributed by atoms with Gasteiger partial charge in [0.1, 0.15) is 5.75 Å². The third kappa shape index (κ3) is 1.72. The molecule has 0 saturated heterocycles. The maximum absolute atomic E-state index is 5.84. The summed E-state index contributed by atoms with van der Waals surface area (Å²) in [5.41, 5.74) is 2.35. The lowest BCUT2D eigenvalue weighted by Gasteiger charge is -2.05. The van der Waals surface area contributed by atoms with Crippen LogP contribution >= 0.6 is 0 Å². The van der Waals surface area contributed by atoms with E-state index in [1.54, 1.807) is 0 Å². The predicted molar refractivity (Wildman–Crippen MR) is 61.3 cm³/mol. The van der Waals surface area contributed by atoms with E-state index in [-0.39, 0.29) is 0 Å². The highest BCUT2D eigenvalue weighted by molar-refractivity contribution is 5.86. The molecule has 1 aromatic carbocycles. The Morgan fingerprint density at radius 2 is 2.27 bits per heavy atom. The summed E-state index contributed by atoms with van der Waals surface area (Å²) in [6, 6.07) is 8.34. The van der Waals surface area contributed by atoms with Crippen LogP contribution in [0.2, 0.25) is 0 Å². The quantitative estimate of drug-likeness (QED) is 0.810. The lowest BCUT2D eigenvalue weighted by atomic mass is 10.2. The van der Waals surface area contributed by atoms with Crippen molar-refractivity contribution in [1.82, 2.24) is 4.98 Å². The van der Waals surface area contributed by atoms with Crippen LogP contribution in [-0.4, -0.2) is 11.6 Å². The summed E-state index contributed by atoms with van der Waals surface area (Å²) < 4.78 is 5.84. The SMILES string of the molecule is Cc1cc2c(OCC3CC3)cccc2[nH]1. The lowest BCUT2D eigenvalue weighted by molar-refractivity contribution is 0.303. The van der Waals surface area contributed by atoms with Crippen molar-refractivity contribution in [3.63, 3.8) is 0 Å². The van der Waals surface area contributed by atoms with E-state index < -0.39 is 0 Å². The van der Waals surface area contributed by atoms with Crippen molar-refractivity contribution >= 4 is 10.9 Å². The minimum absolute atomic E-state index is 0.806. The molecule has 0 amide bonds. The Kier molecular flexibility index (Phi) is 1.94. The molecule has 1 N–H and O–H groups in total. The summed E-state index contributed by atoms with van der Waals surface area (Å²) in [5, 5.41) is 1.20. The summed E-state index contributed by atoms with van der Waals surface area (Å²) in [6.07, 6.45) is 2.67. The van der Waals surface area contributed by atoms with Gasteiger partial charge in [-0.05, 0) is 43.9 Å². The monoisotopic (exact) mass is 201 g/mol. The Morgan fingerprint density at radius 1 is 1.40 bits per heavy atom. The average molecular weight is 201 g/mol. The third-order valence-corrected chi connectivity index (χ3v) is 2.93. The molecule has 3 rings (SSSR count). The first-order chi connectivity index (χ1) is 7.33. The van der Waals surface area contributed by atoms with Crippen LogP contribution in [0.25, 0.3) is 10.9 Å².